The van der Waals surface area contributed by atoms with Gasteiger partial charge < -0.3 is 10.5 Å². The number of rotatable bonds is 1. The molecule has 1 aromatic carbocycles. The van der Waals surface area contributed by atoms with Crippen molar-refractivity contribution in [2.24, 2.45) is 5.73 Å². The standard InChI is InChI=1S/C13H17NO/c1-8(14)12-7-10-6-5-9-3-2-4-11(9)13(10)15-12/h5-6,8,12H,2-4,7,14H2,1H3/t8?,12-/m0/s1. The summed E-state index contributed by atoms with van der Waals surface area (Å²) in [6, 6.07) is 4.62. The second-order valence-electron chi connectivity index (χ2n) is 4.76. The van der Waals surface area contributed by atoms with Gasteiger partial charge in [-0.25, -0.2) is 0 Å². The first-order valence-corrected chi connectivity index (χ1v) is 5.81. The molecule has 0 aromatic heterocycles. The van der Waals surface area contributed by atoms with Crippen LogP contribution in [0.25, 0.3) is 0 Å². The number of aryl methyl sites for hydroxylation is 1. The number of benzene rings is 1. The fourth-order valence-electron chi connectivity index (χ4n) is 2.69. The van der Waals surface area contributed by atoms with Gasteiger partial charge in [-0.2, -0.15) is 0 Å². The van der Waals surface area contributed by atoms with Crippen LogP contribution in [-0.4, -0.2) is 12.1 Å². The van der Waals surface area contributed by atoms with E-state index in [0.717, 1.165) is 12.2 Å². The van der Waals surface area contributed by atoms with Crippen LogP contribution in [0.3, 0.4) is 0 Å². The lowest BCUT2D eigenvalue weighted by molar-refractivity contribution is 0.205. The summed E-state index contributed by atoms with van der Waals surface area (Å²) in [5.74, 6) is 1.16. The molecule has 0 bridgehead atoms. The van der Waals surface area contributed by atoms with E-state index in [1.54, 1.807) is 0 Å². The first-order chi connectivity index (χ1) is 7.25. The minimum Gasteiger partial charge on any atom is -0.488 e. The van der Waals surface area contributed by atoms with Crippen LogP contribution in [-0.2, 0) is 19.3 Å². The van der Waals surface area contributed by atoms with Crippen molar-refractivity contribution in [1.29, 1.82) is 0 Å². The van der Waals surface area contributed by atoms with Crippen molar-refractivity contribution in [1.82, 2.24) is 0 Å². The summed E-state index contributed by atoms with van der Waals surface area (Å²) >= 11 is 0. The molecule has 1 heterocycles. The van der Waals surface area contributed by atoms with Crippen LogP contribution in [0, 0.1) is 0 Å². The maximum Gasteiger partial charge on any atom is 0.126 e. The van der Waals surface area contributed by atoms with E-state index in [2.05, 4.69) is 12.1 Å². The summed E-state index contributed by atoms with van der Waals surface area (Å²) in [6.45, 7) is 2.02. The Balaban J connectivity index is 2.00. The molecule has 2 nitrogen and oxygen atoms in total. The zero-order valence-corrected chi connectivity index (χ0v) is 9.12. The third-order valence-corrected chi connectivity index (χ3v) is 3.59. The SMILES string of the molecule is CC(N)[C@@H]1Cc2ccc3c(c2O1)CCC3. The summed E-state index contributed by atoms with van der Waals surface area (Å²) in [4.78, 5) is 0. The molecule has 1 unspecified atom stereocenters. The Morgan fingerprint density at radius 1 is 1.33 bits per heavy atom. The largest absolute Gasteiger partial charge is 0.488 e. The molecule has 2 atom stereocenters. The molecular formula is C13H17NO. The maximum atomic E-state index is 5.99. The maximum absolute atomic E-state index is 5.99. The summed E-state index contributed by atoms with van der Waals surface area (Å²) in [5.41, 5.74) is 10.2. The Kier molecular flexibility index (Phi) is 1.99. The van der Waals surface area contributed by atoms with Crippen molar-refractivity contribution in [2.75, 3.05) is 0 Å². The molecule has 0 saturated carbocycles. The van der Waals surface area contributed by atoms with Crippen molar-refractivity contribution in [2.45, 2.75) is 44.8 Å². The fraction of sp³-hybridized carbons (Fsp3) is 0.538. The van der Waals surface area contributed by atoms with Crippen LogP contribution in [0.15, 0.2) is 12.1 Å². The molecule has 80 valence electrons. The Labute approximate surface area is 90.4 Å². The predicted octanol–water partition coefficient (Wildman–Crippen LogP) is 1.83. The van der Waals surface area contributed by atoms with E-state index < -0.39 is 0 Å². The van der Waals surface area contributed by atoms with Gasteiger partial charge in [-0.3, -0.25) is 0 Å². The second-order valence-corrected chi connectivity index (χ2v) is 4.76. The third kappa shape index (κ3) is 1.36. The highest BCUT2D eigenvalue weighted by molar-refractivity contribution is 5.51. The second kappa shape index (κ2) is 3.24. The average Bonchev–Trinajstić information content (AvgIpc) is 2.82. The number of hydrogen-bond donors (Lipinski definition) is 1. The van der Waals surface area contributed by atoms with Gasteiger partial charge in [-0.05, 0) is 42.9 Å². The van der Waals surface area contributed by atoms with Gasteiger partial charge in [0.2, 0.25) is 0 Å². The van der Waals surface area contributed by atoms with E-state index in [4.69, 9.17) is 10.5 Å². The van der Waals surface area contributed by atoms with Gasteiger partial charge in [-0.1, -0.05) is 12.1 Å². The third-order valence-electron chi connectivity index (χ3n) is 3.59. The molecule has 3 rings (SSSR count). The van der Waals surface area contributed by atoms with Crippen molar-refractivity contribution in [3.8, 4) is 5.75 Å². The Morgan fingerprint density at radius 3 is 2.93 bits per heavy atom. The van der Waals surface area contributed by atoms with Gasteiger partial charge in [0.15, 0.2) is 0 Å². The molecule has 2 aliphatic rings. The number of hydrogen-bond acceptors (Lipinski definition) is 2. The smallest absolute Gasteiger partial charge is 0.126 e. The number of ether oxygens (including phenoxy) is 1. The molecule has 15 heavy (non-hydrogen) atoms. The van der Waals surface area contributed by atoms with Crippen LogP contribution >= 0.6 is 0 Å². The average molecular weight is 203 g/mol. The summed E-state index contributed by atoms with van der Waals surface area (Å²) in [6.07, 6.45) is 4.85. The van der Waals surface area contributed by atoms with Gasteiger partial charge in [-0.15, -0.1) is 0 Å². The zero-order valence-electron chi connectivity index (χ0n) is 9.12. The summed E-state index contributed by atoms with van der Waals surface area (Å²) < 4.78 is 5.99. The highest BCUT2D eigenvalue weighted by atomic mass is 16.5. The van der Waals surface area contributed by atoms with Gasteiger partial charge >= 0.3 is 0 Å². The zero-order chi connectivity index (χ0) is 10.4. The topological polar surface area (TPSA) is 35.2 Å². The number of fused-ring (bicyclic) bond motifs is 3. The van der Waals surface area contributed by atoms with E-state index in [-0.39, 0.29) is 12.1 Å². The normalized spacial score (nSPS) is 24.5. The van der Waals surface area contributed by atoms with Gasteiger partial charge in [0, 0.05) is 12.5 Å². The van der Waals surface area contributed by atoms with Gasteiger partial charge in [0.1, 0.15) is 11.9 Å². The minimum atomic E-state index is 0.120. The molecule has 0 spiro atoms. The van der Waals surface area contributed by atoms with Crippen LogP contribution in [0.5, 0.6) is 5.75 Å². The molecule has 0 radical (unpaired) electrons. The molecule has 0 amide bonds. The lowest BCUT2D eigenvalue weighted by Gasteiger charge is -2.15. The van der Waals surface area contributed by atoms with Crippen molar-refractivity contribution in [3.63, 3.8) is 0 Å². The van der Waals surface area contributed by atoms with E-state index in [1.807, 2.05) is 6.92 Å². The quantitative estimate of drug-likeness (QED) is 0.755. The van der Waals surface area contributed by atoms with E-state index in [0.29, 0.717) is 0 Å². The molecular weight excluding hydrogens is 186 g/mol. The van der Waals surface area contributed by atoms with E-state index >= 15 is 0 Å². The molecule has 1 aliphatic heterocycles. The number of nitrogens with two attached hydrogens (primary N) is 1. The highest BCUT2D eigenvalue weighted by Gasteiger charge is 2.30. The fourth-order valence-corrected chi connectivity index (χ4v) is 2.69. The molecule has 1 aliphatic carbocycles. The van der Waals surface area contributed by atoms with Crippen molar-refractivity contribution < 1.29 is 4.74 Å². The lowest BCUT2D eigenvalue weighted by atomic mass is 10.0. The van der Waals surface area contributed by atoms with Crippen molar-refractivity contribution >= 4 is 0 Å². The Morgan fingerprint density at radius 2 is 2.13 bits per heavy atom. The molecule has 0 saturated heterocycles. The van der Waals surface area contributed by atoms with Crippen LogP contribution < -0.4 is 10.5 Å². The monoisotopic (exact) mass is 203 g/mol. The molecule has 2 N–H and O–H groups in total. The van der Waals surface area contributed by atoms with Gasteiger partial charge in [0.25, 0.3) is 0 Å². The molecule has 1 aromatic rings. The van der Waals surface area contributed by atoms with Crippen LogP contribution in [0.4, 0.5) is 0 Å². The Bertz CT molecular complexity index is 398. The summed E-state index contributed by atoms with van der Waals surface area (Å²) in [7, 11) is 0. The highest BCUT2D eigenvalue weighted by Crippen LogP contribution is 2.39. The lowest BCUT2D eigenvalue weighted by Crippen LogP contribution is -2.34. The minimum absolute atomic E-state index is 0.120. The summed E-state index contributed by atoms with van der Waals surface area (Å²) in [5, 5.41) is 0. The molecule has 0 fully saturated rings. The van der Waals surface area contributed by atoms with Crippen molar-refractivity contribution in [3.05, 3.63) is 28.8 Å². The first kappa shape index (κ1) is 9.22. The first-order valence-electron chi connectivity index (χ1n) is 5.81. The molecule has 2 heteroatoms. The van der Waals surface area contributed by atoms with E-state index in [1.165, 1.54) is 36.0 Å². The predicted molar refractivity (Wildman–Crippen MR) is 60.2 cm³/mol. The van der Waals surface area contributed by atoms with E-state index in [9.17, 15) is 0 Å². The Hall–Kier alpha value is -1.02. The van der Waals surface area contributed by atoms with Gasteiger partial charge in [0.05, 0.1) is 0 Å². The van der Waals surface area contributed by atoms with Crippen LogP contribution in [0.2, 0.25) is 0 Å². The van der Waals surface area contributed by atoms with Crippen LogP contribution in [0.1, 0.15) is 30.0 Å².